The van der Waals surface area contributed by atoms with Crippen molar-refractivity contribution < 1.29 is 5.11 Å². The van der Waals surface area contributed by atoms with Gasteiger partial charge in [0.05, 0.1) is 17.4 Å². The molecular weight excluding hydrogens is 244 g/mol. The van der Waals surface area contributed by atoms with E-state index in [4.69, 9.17) is 0 Å². The lowest BCUT2D eigenvalue weighted by atomic mass is 9.93. The van der Waals surface area contributed by atoms with Crippen LogP contribution in [0, 0.1) is 11.3 Å². The minimum Gasteiger partial charge on any atom is -0.393 e. The van der Waals surface area contributed by atoms with Crippen LogP contribution in [0.15, 0.2) is 23.1 Å². The number of thioether (sulfide) groups is 1. The number of hydrogen-bond donors (Lipinski definition) is 2. The molecular formula is C14H18N2OS. The maximum Gasteiger partial charge on any atom is 0.102 e. The lowest BCUT2D eigenvalue weighted by molar-refractivity contribution is 0.126. The molecule has 1 aromatic rings. The summed E-state index contributed by atoms with van der Waals surface area (Å²) in [5, 5.41) is 22.2. The molecule has 3 nitrogen and oxygen atoms in total. The maximum absolute atomic E-state index is 9.49. The van der Waals surface area contributed by atoms with Crippen LogP contribution >= 0.6 is 11.8 Å². The highest BCUT2D eigenvalue weighted by atomic mass is 32.2. The fraction of sp³-hybridized carbons (Fsp3) is 0.500. The van der Waals surface area contributed by atoms with Crippen molar-refractivity contribution in [3.63, 3.8) is 0 Å². The van der Waals surface area contributed by atoms with Gasteiger partial charge >= 0.3 is 0 Å². The maximum atomic E-state index is 9.49. The molecule has 2 rings (SSSR count). The van der Waals surface area contributed by atoms with E-state index < -0.39 is 0 Å². The summed E-state index contributed by atoms with van der Waals surface area (Å²) in [5.74, 6) is 0. The van der Waals surface area contributed by atoms with Gasteiger partial charge in [-0.3, -0.25) is 0 Å². The molecule has 0 saturated heterocycles. The van der Waals surface area contributed by atoms with Crippen LogP contribution in [-0.4, -0.2) is 23.5 Å². The van der Waals surface area contributed by atoms with Gasteiger partial charge in [0.15, 0.2) is 0 Å². The number of anilines is 1. The Kier molecular flexibility index (Phi) is 4.51. The lowest BCUT2D eigenvalue weighted by Crippen LogP contribution is -2.28. The topological polar surface area (TPSA) is 56.0 Å². The molecule has 0 spiro atoms. The predicted octanol–water partition coefficient (Wildman–Crippen LogP) is 3.00. The van der Waals surface area contributed by atoms with E-state index in [1.807, 2.05) is 24.5 Å². The van der Waals surface area contributed by atoms with E-state index in [0.29, 0.717) is 6.04 Å². The van der Waals surface area contributed by atoms with Crippen LogP contribution in [0.1, 0.15) is 31.2 Å². The molecule has 0 heterocycles. The second-order valence-electron chi connectivity index (χ2n) is 4.64. The highest BCUT2D eigenvalue weighted by Crippen LogP contribution is 2.29. The fourth-order valence-corrected chi connectivity index (χ4v) is 2.95. The predicted molar refractivity (Wildman–Crippen MR) is 74.8 cm³/mol. The van der Waals surface area contributed by atoms with Crippen molar-refractivity contribution in [2.45, 2.75) is 42.7 Å². The van der Waals surface area contributed by atoms with Crippen molar-refractivity contribution in [3.05, 3.63) is 23.8 Å². The summed E-state index contributed by atoms with van der Waals surface area (Å²) in [6, 6.07) is 8.57. The van der Waals surface area contributed by atoms with Gasteiger partial charge in [0, 0.05) is 10.9 Å². The van der Waals surface area contributed by atoms with Crippen molar-refractivity contribution in [1.29, 1.82) is 5.26 Å². The number of nitrogens with zero attached hydrogens (tertiary/aromatic N) is 1. The summed E-state index contributed by atoms with van der Waals surface area (Å²) in [7, 11) is 0. The molecule has 1 fully saturated rings. The lowest BCUT2D eigenvalue weighted by Gasteiger charge is -2.27. The van der Waals surface area contributed by atoms with Gasteiger partial charge in [-0.05, 0) is 44.1 Å². The van der Waals surface area contributed by atoms with Crippen LogP contribution in [-0.2, 0) is 0 Å². The van der Waals surface area contributed by atoms with Gasteiger partial charge in [-0.2, -0.15) is 5.26 Å². The van der Waals surface area contributed by atoms with Crippen molar-refractivity contribution >= 4 is 17.4 Å². The Morgan fingerprint density at radius 2 is 2.06 bits per heavy atom. The molecule has 96 valence electrons. The van der Waals surface area contributed by atoms with Crippen molar-refractivity contribution in [1.82, 2.24) is 0 Å². The van der Waals surface area contributed by atoms with Crippen molar-refractivity contribution in [2.24, 2.45) is 0 Å². The molecule has 1 aromatic carbocycles. The number of hydrogen-bond acceptors (Lipinski definition) is 4. The summed E-state index contributed by atoms with van der Waals surface area (Å²) in [5.41, 5.74) is 1.65. The molecule has 1 aliphatic carbocycles. The third-order valence-corrected chi connectivity index (χ3v) is 4.19. The second kappa shape index (κ2) is 6.12. The fourth-order valence-electron chi connectivity index (χ4n) is 2.38. The largest absolute Gasteiger partial charge is 0.393 e. The quantitative estimate of drug-likeness (QED) is 0.822. The third kappa shape index (κ3) is 2.98. The Balaban J connectivity index is 2.12. The Morgan fingerprint density at radius 3 is 2.67 bits per heavy atom. The Bertz CT molecular complexity index is 448. The van der Waals surface area contributed by atoms with Crippen LogP contribution in [0.4, 0.5) is 5.69 Å². The number of nitrogens with one attached hydrogen (secondary N) is 1. The number of rotatable bonds is 3. The van der Waals surface area contributed by atoms with E-state index in [2.05, 4.69) is 11.4 Å². The van der Waals surface area contributed by atoms with Crippen LogP contribution in [0.3, 0.4) is 0 Å². The smallest absolute Gasteiger partial charge is 0.102 e. The average molecular weight is 262 g/mol. The van der Waals surface area contributed by atoms with E-state index in [0.717, 1.165) is 41.8 Å². The van der Waals surface area contributed by atoms with Crippen molar-refractivity contribution in [2.75, 3.05) is 11.6 Å². The minimum absolute atomic E-state index is 0.143. The molecule has 0 aliphatic heterocycles. The minimum atomic E-state index is -0.143. The molecule has 1 aliphatic rings. The summed E-state index contributed by atoms with van der Waals surface area (Å²) < 4.78 is 0. The van der Waals surface area contributed by atoms with Gasteiger partial charge in [0.1, 0.15) is 6.07 Å². The SMILES string of the molecule is CSc1cccc(NC2CCC(O)CC2)c1C#N. The highest BCUT2D eigenvalue weighted by molar-refractivity contribution is 7.98. The zero-order chi connectivity index (χ0) is 13.0. The first-order valence-corrected chi connectivity index (χ1v) is 7.48. The molecule has 0 amide bonds. The number of benzene rings is 1. The third-order valence-electron chi connectivity index (χ3n) is 3.41. The standard InChI is InChI=1S/C14H18N2OS/c1-18-14-4-2-3-13(12(14)9-15)16-10-5-7-11(17)8-6-10/h2-4,10-11,16-17H,5-8H2,1H3. The van der Waals surface area contributed by atoms with E-state index >= 15 is 0 Å². The van der Waals surface area contributed by atoms with E-state index in [1.54, 1.807) is 11.8 Å². The monoisotopic (exact) mass is 262 g/mol. The first-order chi connectivity index (χ1) is 8.74. The molecule has 0 unspecified atom stereocenters. The molecule has 18 heavy (non-hydrogen) atoms. The first-order valence-electron chi connectivity index (χ1n) is 6.26. The molecule has 4 heteroatoms. The van der Waals surface area contributed by atoms with E-state index in [1.165, 1.54) is 0 Å². The summed E-state index contributed by atoms with van der Waals surface area (Å²) in [6.07, 6.45) is 5.47. The summed E-state index contributed by atoms with van der Waals surface area (Å²) in [6.45, 7) is 0. The van der Waals surface area contributed by atoms with Gasteiger partial charge in [-0.25, -0.2) is 0 Å². The number of aliphatic hydroxyl groups excluding tert-OH is 1. The molecule has 1 saturated carbocycles. The Hall–Kier alpha value is -1.18. The molecule has 0 atom stereocenters. The van der Waals surface area contributed by atoms with Gasteiger partial charge in [0.25, 0.3) is 0 Å². The molecule has 2 N–H and O–H groups in total. The van der Waals surface area contributed by atoms with Gasteiger partial charge in [-0.15, -0.1) is 11.8 Å². The Labute approximate surface area is 112 Å². The van der Waals surface area contributed by atoms with Gasteiger partial charge in [0.2, 0.25) is 0 Å². The van der Waals surface area contributed by atoms with Crippen LogP contribution in [0.5, 0.6) is 0 Å². The zero-order valence-electron chi connectivity index (χ0n) is 10.5. The van der Waals surface area contributed by atoms with E-state index in [9.17, 15) is 10.4 Å². The highest BCUT2D eigenvalue weighted by Gasteiger charge is 2.20. The molecule has 0 radical (unpaired) electrons. The van der Waals surface area contributed by atoms with Gasteiger partial charge in [-0.1, -0.05) is 6.07 Å². The zero-order valence-corrected chi connectivity index (χ0v) is 11.3. The molecule has 0 aromatic heterocycles. The normalized spacial score (nSPS) is 23.4. The van der Waals surface area contributed by atoms with Crippen molar-refractivity contribution in [3.8, 4) is 6.07 Å². The van der Waals surface area contributed by atoms with Crippen LogP contribution in [0.25, 0.3) is 0 Å². The molecule has 0 bridgehead atoms. The Morgan fingerprint density at radius 1 is 1.33 bits per heavy atom. The van der Waals surface area contributed by atoms with Crippen LogP contribution < -0.4 is 5.32 Å². The summed E-state index contributed by atoms with van der Waals surface area (Å²) in [4.78, 5) is 1.01. The van der Waals surface area contributed by atoms with Gasteiger partial charge < -0.3 is 10.4 Å². The second-order valence-corrected chi connectivity index (χ2v) is 5.49. The summed E-state index contributed by atoms with van der Waals surface area (Å²) >= 11 is 1.59. The van der Waals surface area contributed by atoms with Crippen LogP contribution in [0.2, 0.25) is 0 Å². The average Bonchev–Trinajstić information content (AvgIpc) is 2.41. The number of nitriles is 1. The van der Waals surface area contributed by atoms with E-state index in [-0.39, 0.29) is 6.10 Å². The number of aliphatic hydroxyl groups is 1. The first kappa shape index (κ1) is 13.3.